The number of halogens is 1. The molecule has 8 heteroatoms. The van der Waals surface area contributed by atoms with Crippen molar-refractivity contribution in [2.45, 2.75) is 38.3 Å². The Balaban J connectivity index is 1.13. The summed E-state index contributed by atoms with van der Waals surface area (Å²) in [5.41, 5.74) is 3.57. The predicted octanol–water partition coefficient (Wildman–Crippen LogP) is 3.31. The van der Waals surface area contributed by atoms with Crippen molar-refractivity contribution in [1.82, 2.24) is 14.5 Å². The first kappa shape index (κ1) is 21.4. The summed E-state index contributed by atoms with van der Waals surface area (Å²) < 4.78 is 7.60. The zero-order valence-electron chi connectivity index (χ0n) is 18.8. The van der Waals surface area contributed by atoms with Crippen molar-refractivity contribution >= 4 is 44.1 Å². The number of piperidine rings is 1. The maximum atomic E-state index is 13.3. The number of hydrogen-bond donors (Lipinski definition) is 1. The van der Waals surface area contributed by atoms with Crippen molar-refractivity contribution in [2.24, 2.45) is 0 Å². The first-order chi connectivity index (χ1) is 16.1. The Bertz CT molecular complexity index is 1380. The molecule has 0 radical (unpaired) electrons. The molecule has 0 bridgehead atoms. The van der Waals surface area contributed by atoms with Gasteiger partial charge in [0.2, 0.25) is 0 Å². The molecule has 0 unspecified atom stereocenters. The van der Waals surface area contributed by atoms with Crippen molar-refractivity contribution in [1.29, 1.82) is 0 Å². The lowest BCUT2D eigenvalue weighted by Crippen LogP contribution is -3.13. The maximum absolute atomic E-state index is 13.3. The van der Waals surface area contributed by atoms with Crippen LogP contribution in [-0.4, -0.2) is 47.7 Å². The van der Waals surface area contributed by atoms with E-state index < -0.39 is 0 Å². The van der Waals surface area contributed by atoms with Gasteiger partial charge in [0.25, 0.3) is 5.56 Å². The highest BCUT2D eigenvalue weighted by molar-refractivity contribution is 7.18. The lowest BCUT2D eigenvalue weighted by molar-refractivity contribution is -0.906. The van der Waals surface area contributed by atoms with Gasteiger partial charge in [0.05, 0.1) is 44.2 Å². The van der Waals surface area contributed by atoms with Crippen LogP contribution in [0.25, 0.3) is 21.2 Å². The summed E-state index contributed by atoms with van der Waals surface area (Å²) in [5, 5.41) is 2.76. The number of nitrogens with zero attached hydrogens (tertiary/aromatic N) is 3. The second-order valence-corrected chi connectivity index (χ2v) is 11.0. The fourth-order valence-electron chi connectivity index (χ4n) is 5.51. The molecule has 5 heterocycles. The number of rotatable bonds is 4. The van der Waals surface area contributed by atoms with Crippen LogP contribution in [0.5, 0.6) is 0 Å². The number of likely N-dealkylation sites (N-methyl/N-ethyl adjacent to an activating group) is 1. The molecule has 1 aromatic carbocycles. The molecule has 6 nitrogen and oxygen atoms in total. The van der Waals surface area contributed by atoms with Gasteiger partial charge in [-0.15, -0.1) is 11.3 Å². The molecule has 0 amide bonds. The van der Waals surface area contributed by atoms with Crippen molar-refractivity contribution in [3.8, 4) is 0 Å². The van der Waals surface area contributed by atoms with E-state index in [-0.39, 0.29) is 5.56 Å². The highest BCUT2D eigenvalue weighted by atomic mass is 35.5. The van der Waals surface area contributed by atoms with Gasteiger partial charge in [-0.2, -0.15) is 0 Å². The molecule has 172 valence electrons. The van der Waals surface area contributed by atoms with Crippen LogP contribution in [0.2, 0.25) is 5.02 Å². The van der Waals surface area contributed by atoms with E-state index in [4.69, 9.17) is 16.0 Å². The van der Waals surface area contributed by atoms with E-state index in [0.717, 1.165) is 84.7 Å². The van der Waals surface area contributed by atoms with Gasteiger partial charge in [-0.1, -0.05) is 11.6 Å². The molecule has 0 atom stereocenters. The van der Waals surface area contributed by atoms with E-state index >= 15 is 0 Å². The SMILES string of the molecule is CN1CCc2c(sc3ncn(CC[NH+]4CCC(c5coc6ccc(Cl)cc56)CC4)c(=O)c23)C1. The maximum Gasteiger partial charge on any atom is 0.262 e. The minimum atomic E-state index is 0.137. The number of quaternary nitrogens is 1. The van der Waals surface area contributed by atoms with Crippen LogP contribution in [0.15, 0.2) is 40.0 Å². The molecule has 2 aliphatic heterocycles. The Hall–Kier alpha value is -2.19. The molecule has 0 saturated carbocycles. The fraction of sp³-hybridized carbons (Fsp3) is 0.440. The zero-order chi connectivity index (χ0) is 22.5. The molecule has 0 aliphatic carbocycles. The number of thiophene rings is 1. The molecule has 1 saturated heterocycles. The van der Waals surface area contributed by atoms with Gasteiger partial charge in [0.15, 0.2) is 0 Å². The van der Waals surface area contributed by atoms with Crippen LogP contribution in [0.3, 0.4) is 0 Å². The zero-order valence-corrected chi connectivity index (χ0v) is 20.3. The first-order valence-electron chi connectivity index (χ1n) is 11.8. The van der Waals surface area contributed by atoms with Gasteiger partial charge in [0, 0.05) is 46.8 Å². The topological polar surface area (TPSA) is 55.7 Å². The largest absolute Gasteiger partial charge is 0.464 e. The average molecular weight is 484 g/mol. The molecule has 2 aliphatic rings. The molecule has 6 rings (SSSR count). The second-order valence-electron chi connectivity index (χ2n) is 9.52. The molecule has 0 spiro atoms. The Morgan fingerprint density at radius 1 is 1.30 bits per heavy atom. The van der Waals surface area contributed by atoms with Crippen LogP contribution < -0.4 is 10.5 Å². The van der Waals surface area contributed by atoms with Gasteiger partial charge in [-0.05, 0) is 43.1 Å². The molecule has 33 heavy (non-hydrogen) atoms. The summed E-state index contributed by atoms with van der Waals surface area (Å²) in [6, 6.07) is 5.85. The Kier molecular flexibility index (Phi) is 5.53. The molecular formula is C25H28ClN4O2S+. The van der Waals surface area contributed by atoms with Crippen LogP contribution in [0.1, 0.15) is 34.8 Å². The number of aromatic nitrogens is 2. The highest BCUT2D eigenvalue weighted by Gasteiger charge is 2.27. The Morgan fingerprint density at radius 2 is 2.15 bits per heavy atom. The van der Waals surface area contributed by atoms with E-state index in [9.17, 15) is 4.79 Å². The van der Waals surface area contributed by atoms with Crippen LogP contribution in [0.4, 0.5) is 0 Å². The Morgan fingerprint density at radius 3 is 3.00 bits per heavy atom. The number of furan rings is 1. The number of nitrogens with one attached hydrogen (secondary N) is 1. The monoisotopic (exact) mass is 483 g/mol. The molecule has 3 aromatic heterocycles. The lowest BCUT2D eigenvalue weighted by Gasteiger charge is -2.29. The summed E-state index contributed by atoms with van der Waals surface area (Å²) in [7, 11) is 2.13. The van der Waals surface area contributed by atoms with Crippen molar-refractivity contribution in [3.63, 3.8) is 0 Å². The number of likely N-dealkylation sites (tertiary alicyclic amines) is 1. The third kappa shape index (κ3) is 3.91. The Labute approximate surface area is 201 Å². The molecular weight excluding hydrogens is 456 g/mol. The predicted molar refractivity (Wildman–Crippen MR) is 133 cm³/mol. The number of benzene rings is 1. The normalized spacial score (nSPS) is 21.6. The minimum Gasteiger partial charge on any atom is -0.464 e. The first-order valence-corrected chi connectivity index (χ1v) is 12.9. The number of hydrogen-bond acceptors (Lipinski definition) is 5. The van der Waals surface area contributed by atoms with E-state index in [1.165, 1.54) is 16.0 Å². The number of fused-ring (bicyclic) bond motifs is 4. The van der Waals surface area contributed by atoms with Crippen molar-refractivity contribution < 1.29 is 9.32 Å². The molecule has 1 N–H and O–H groups in total. The van der Waals surface area contributed by atoms with E-state index in [0.29, 0.717) is 5.92 Å². The van der Waals surface area contributed by atoms with E-state index in [1.807, 2.05) is 29.0 Å². The summed E-state index contributed by atoms with van der Waals surface area (Å²) in [6.07, 6.45) is 6.85. The van der Waals surface area contributed by atoms with Gasteiger partial charge in [-0.25, -0.2) is 4.98 Å². The van der Waals surface area contributed by atoms with Gasteiger partial charge in [-0.3, -0.25) is 9.36 Å². The van der Waals surface area contributed by atoms with E-state index in [2.05, 4.69) is 16.9 Å². The summed E-state index contributed by atoms with van der Waals surface area (Å²) in [6.45, 7) is 5.80. The fourth-order valence-corrected chi connectivity index (χ4v) is 6.94. The van der Waals surface area contributed by atoms with Crippen LogP contribution in [0, 0.1) is 0 Å². The quantitative estimate of drug-likeness (QED) is 0.484. The standard InChI is InChI=1S/C25H27ClN4O2S/c1-28-7-6-18-22(13-28)33-24-23(18)25(31)30(15-27-24)11-10-29-8-4-16(5-9-29)20-14-32-21-3-2-17(26)12-19(20)21/h2-3,12,14-16H,4-11,13H2,1H3/p+1. The minimum absolute atomic E-state index is 0.137. The smallest absolute Gasteiger partial charge is 0.262 e. The van der Waals surface area contributed by atoms with Crippen molar-refractivity contribution in [2.75, 3.05) is 33.2 Å². The van der Waals surface area contributed by atoms with Gasteiger partial charge in [0.1, 0.15) is 10.4 Å². The molecule has 4 aromatic rings. The third-order valence-corrected chi connectivity index (χ3v) is 8.78. The van der Waals surface area contributed by atoms with E-state index in [1.54, 1.807) is 22.6 Å². The lowest BCUT2D eigenvalue weighted by atomic mass is 9.89. The summed E-state index contributed by atoms with van der Waals surface area (Å²) in [4.78, 5) is 24.0. The van der Waals surface area contributed by atoms with Gasteiger partial charge >= 0.3 is 0 Å². The molecule has 1 fully saturated rings. The summed E-state index contributed by atoms with van der Waals surface area (Å²) >= 11 is 7.90. The van der Waals surface area contributed by atoms with Crippen molar-refractivity contribution in [3.05, 3.63) is 62.2 Å². The van der Waals surface area contributed by atoms with Crippen LogP contribution >= 0.6 is 22.9 Å². The summed E-state index contributed by atoms with van der Waals surface area (Å²) in [5.74, 6) is 0.504. The second kappa shape index (κ2) is 8.55. The third-order valence-electron chi connectivity index (χ3n) is 7.42. The van der Waals surface area contributed by atoms with Gasteiger partial charge < -0.3 is 14.2 Å². The average Bonchev–Trinajstić information content (AvgIpc) is 3.40. The highest BCUT2D eigenvalue weighted by Crippen LogP contribution is 2.34. The van der Waals surface area contributed by atoms with Crippen LogP contribution in [-0.2, 0) is 19.5 Å².